The predicted molar refractivity (Wildman–Crippen MR) is 80.4 cm³/mol. The number of aromatic nitrogens is 3. The predicted octanol–water partition coefficient (Wildman–Crippen LogP) is 3.33. The van der Waals surface area contributed by atoms with E-state index in [2.05, 4.69) is 26.1 Å². The first kappa shape index (κ1) is 13.9. The molecule has 0 saturated carbocycles. The summed E-state index contributed by atoms with van der Waals surface area (Å²) < 4.78 is 15.8. The molecule has 6 heteroatoms. The Morgan fingerprint density at radius 3 is 2.52 bits per heavy atom. The highest BCUT2D eigenvalue weighted by molar-refractivity contribution is 9.10. The average molecular weight is 348 g/mol. The van der Waals surface area contributed by atoms with Gasteiger partial charge in [0.1, 0.15) is 12.4 Å². The number of para-hydroxylation sites is 1. The molecule has 0 unspecified atom stereocenters. The molecule has 3 rings (SSSR count). The molecule has 21 heavy (non-hydrogen) atoms. The quantitative estimate of drug-likeness (QED) is 0.790. The Hall–Kier alpha value is -2.05. The third-order valence-electron chi connectivity index (χ3n) is 3.08. The minimum Gasteiger partial charge on any atom is -0.388 e. The van der Waals surface area contributed by atoms with Crippen LogP contribution in [0.5, 0.6) is 0 Å². The Morgan fingerprint density at radius 1 is 1.05 bits per heavy atom. The normalized spacial score (nSPS) is 10.8. The molecule has 0 amide bonds. The monoisotopic (exact) mass is 347 g/mol. The van der Waals surface area contributed by atoms with Gasteiger partial charge in [0.05, 0.1) is 4.47 Å². The maximum atomic E-state index is 13.7. The van der Waals surface area contributed by atoms with Gasteiger partial charge in [0.25, 0.3) is 0 Å². The zero-order valence-corrected chi connectivity index (χ0v) is 12.5. The summed E-state index contributed by atoms with van der Waals surface area (Å²) in [5, 5.41) is 17.5. The van der Waals surface area contributed by atoms with Crippen molar-refractivity contribution in [2.75, 3.05) is 0 Å². The summed E-state index contributed by atoms with van der Waals surface area (Å²) in [4.78, 5) is 0. The van der Waals surface area contributed by atoms with E-state index in [1.54, 1.807) is 16.7 Å². The van der Waals surface area contributed by atoms with E-state index in [-0.39, 0.29) is 12.4 Å². The zero-order chi connectivity index (χ0) is 14.8. The van der Waals surface area contributed by atoms with E-state index in [9.17, 15) is 9.50 Å². The van der Waals surface area contributed by atoms with Gasteiger partial charge in [0.15, 0.2) is 11.6 Å². The minimum atomic E-state index is -0.374. The fourth-order valence-electron chi connectivity index (χ4n) is 2.12. The summed E-state index contributed by atoms with van der Waals surface area (Å²) in [6.07, 6.45) is 0. The van der Waals surface area contributed by atoms with Crippen LogP contribution in [0.3, 0.4) is 0 Å². The standard InChI is InChI=1S/C15H11BrFN3O/c16-14-11(7-4-8-12(14)17)15-19-18-13(9-21)20(15)10-5-2-1-3-6-10/h1-8,21H,9H2. The lowest BCUT2D eigenvalue weighted by molar-refractivity contribution is 0.269. The van der Waals surface area contributed by atoms with Crippen molar-refractivity contribution < 1.29 is 9.50 Å². The van der Waals surface area contributed by atoms with Gasteiger partial charge in [-0.05, 0) is 40.2 Å². The van der Waals surface area contributed by atoms with Gasteiger partial charge < -0.3 is 5.11 Å². The Bertz CT molecular complexity index is 774. The second-order valence-corrected chi connectivity index (χ2v) is 5.16. The second kappa shape index (κ2) is 5.75. The molecule has 3 aromatic rings. The zero-order valence-electron chi connectivity index (χ0n) is 10.9. The first-order chi connectivity index (χ1) is 10.2. The van der Waals surface area contributed by atoms with Crippen molar-refractivity contribution >= 4 is 15.9 Å². The number of nitrogens with zero attached hydrogens (tertiary/aromatic N) is 3. The van der Waals surface area contributed by atoms with E-state index < -0.39 is 0 Å². The molecular formula is C15H11BrFN3O. The van der Waals surface area contributed by atoms with Crippen molar-refractivity contribution in [1.82, 2.24) is 14.8 Å². The van der Waals surface area contributed by atoms with E-state index in [1.165, 1.54) is 6.07 Å². The molecule has 4 nitrogen and oxygen atoms in total. The van der Waals surface area contributed by atoms with Gasteiger partial charge >= 0.3 is 0 Å². The van der Waals surface area contributed by atoms with Crippen LogP contribution in [0.2, 0.25) is 0 Å². The fourth-order valence-corrected chi connectivity index (χ4v) is 2.56. The van der Waals surface area contributed by atoms with Crippen LogP contribution in [0, 0.1) is 5.82 Å². The molecule has 0 bridgehead atoms. The maximum absolute atomic E-state index is 13.7. The summed E-state index contributed by atoms with van der Waals surface area (Å²) in [6.45, 7) is -0.255. The van der Waals surface area contributed by atoms with Crippen LogP contribution < -0.4 is 0 Å². The van der Waals surface area contributed by atoms with Crippen LogP contribution >= 0.6 is 15.9 Å². The Labute approximate surface area is 129 Å². The van der Waals surface area contributed by atoms with Gasteiger partial charge in [-0.1, -0.05) is 24.3 Å². The molecule has 0 aliphatic heterocycles. The highest BCUT2D eigenvalue weighted by Gasteiger charge is 2.18. The van der Waals surface area contributed by atoms with Crippen molar-refractivity contribution in [3.05, 3.63) is 64.6 Å². The van der Waals surface area contributed by atoms with E-state index in [0.717, 1.165) is 5.69 Å². The second-order valence-electron chi connectivity index (χ2n) is 4.37. The van der Waals surface area contributed by atoms with E-state index in [1.807, 2.05) is 30.3 Å². The molecule has 0 atom stereocenters. The van der Waals surface area contributed by atoms with Crippen molar-refractivity contribution in [2.45, 2.75) is 6.61 Å². The van der Waals surface area contributed by atoms with Gasteiger partial charge in [-0.25, -0.2) is 4.39 Å². The smallest absolute Gasteiger partial charge is 0.169 e. The lowest BCUT2D eigenvalue weighted by Crippen LogP contribution is -2.03. The number of halogens is 2. The van der Waals surface area contributed by atoms with Crippen LogP contribution in [0.15, 0.2) is 53.0 Å². The van der Waals surface area contributed by atoms with Gasteiger partial charge in [-0.2, -0.15) is 0 Å². The molecule has 0 saturated heterocycles. The third kappa shape index (κ3) is 2.48. The van der Waals surface area contributed by atoms with Gasteiger partial charge in [0.2, 0.25) is 0 Å². The highest BCUT2D eigenvalue weighted by Crippen LogP contribution is 2.31. The van der Waals surface area contributed by atoms with Crippen LogP contribution in [0.1, 0.15) is 5.82 Å². The molecule has 0 aliphatic rings. The SMILES string of the molecule is OCc1nnc(-c2cccc(F)c2Br)n1-c1ccccc1. The van der Waals surface area contributed by atoms with E-state index >= 15 is 0 Å². The lowest BCUT2D eigenvalue weighted by Gasteiger charge is -2.10. The van der Waals surface area contributed by atoms with Crippen molar-refractivity contribution in [3.63, 3.8) is 0 Å². The average Bonchev–Trinajstić information content (AvgIpc) is 2.94. The van der Waals surface area contributed by atoms with Crippen LogP contribution in [0.25, 0.3) is 17.1 Å². The summed E-state index contributed by atoms with van der Waals surface area (Å²) in [7, 11) is 0. The lowest BCUT2D eigenvalue weighted by atomic mass is 10.2. The molecule has 2 aromatic carbocycles. The number of hydrogen-bond acceptors (Lipinski definition) is 3. The molecule has 0 spiro atoms. The molecule has 1 heterocycles. The van der Waals surface area contributed by atoms with Crippen LogP contribution in [0.4, 0.5) is 4.39 Å². The number of hydrogen-bond donors (Lipinski definition) is 1. The number of benzene rings is 2. The topological polar surface area (TPSA) is 50.9 Å². The highest BCUT2D eigenvalue weighted by atomic mass is 79.9. The number of aliphatic hydroxyl groups is 1. The molecule has 1 aromatic heterocycles. The third-order valence-corrected chi connectivity index (χ3v) is 3.88. The fraction of sp³-hybridized carbons (Fsp3) is 0.0667. The Morgan fingerprint density at radius 2 is 1.81 bits per heavy atom. The molecule has 0 radical (unpaired) electrons. The molecular weight excluding hydrogens is 337 g/mol. The Balaban J connectivity index is 2.25. The van der Waals surface area contributed by atoms with Crippen LogP contribution in [-0.2, 0) is 6.61 Å². The van der Waals surface area contributed by atoms with Crippen molar-refractivity contribution in [1.29, 1.82) is 0 Å². The minimum absolute atomic E-state index is 0.255. The molecule has 0 aliphatic carbocycles. The summed E-state index contributed by atoms with van der Waals surface area (Å²) in [6, 6.07) is 14.1. The largest absolute Gasteiger partial charge is 0.388 e. The van der Waals surface area contributed by atoms with Gasteiger partial charge in [0, 0.05) is 11.3 Å². The first-order valence-corrected chi connectivity index (χ1v) is 7.06. The van der Waals surface area contributed by atoms with Crippen molar-refractivity contribution in [2.24, 2.45) is 0 Å². The summed E-state index contributed by atoms with van der Waals surface area (Å²) in [5.74, 6) is 0.490. The number of aliphatic hydroxyl groups excluding tert-OH is 1. The maximum Gasteiger partial charge on any atom is 0.169 e. The summed E-state index contributed by atoms with van der Waals surface area (Å²) >= 11 is 3.24. The van der Waals surface area contributed by atoms with Gasteiger partial charge in [-0.15, -0.1) is 10.2 Å². The molecule has 0 fully saturated rings. The Kier molecular flexibility index (Phi) is 3.81. The van der Waals surface area contributed by atoms with Crippen molar-refractivity contribution in [3.8, 4) is 17.1 Å². The van der Waals surface area contributed by atoms with E-state index in [4.69, 9.17) is 0 Å². The van der Waals surface area contributed by atoms with E-state index in [0.29, 0.717) is 21.7 Å². The summed E-state index contributed by atoms with van der Waals surface area (Å²) in [5.41, 5.74) is 1.38. The first-order valence-electron chi connectivity index (χ1n) is 6.27. The molecule has 106 valence electrons. The van der Waals surface area contributed by atoms with Crippen LogP contribution in [-0.4, -0.2) is 19.9 Å². The molecule has 1 N–H and O–H groups in total. The van der Waals surface area contributed by atoms with Gasteiger partial charge in [-0.3, -0.25) is 4.57 Å². The number of rotatable bonds is 3.